The van der Waals surface area contributed by atoms with Crippen LogP contribution in [0.3, 0.4) is 0 Å². The summed E-state index contributed by atoms with van der Waals surface area (Å²) >= 11 is 1.58. The highest BCUT2D eigenvalue weighted by atomic mass is 32.2. The fraction of sp³-hybridized carbons (Fsp3) is 0.429. The van der Waals surface area contributed by atoms with Crippen LogP contribution in [0, 0.1) is 11.6 Å². The number of halogens is 2. The molecule has 1 aliphatic heterocycles. The Morgan fingerprint density at radius 2 is 2.18 bits per heavy atom. The summed E-state index contributed by atoms with van der Waals surface area (Å²) in [6, 6.07) is 2.42. The summed E-state index contributed by atoms with van der Waals surface area (Å²) in [6.07, 6.45) is -0.135. The molecule has 0 aliphatic carbocycles. The monoisotopic (exact) mass is 331 g/mol. The van der Waals surface area contributed by atoms with Crippen molar-refractivity contribution in [3.63, 3.8) is 0 Å². The van der Waals surface area contributed by atoms with Crippen molar-refractivity contribution in [2.45, 2.75) is 12.5 Å². The Morgan fingerprint density at radius 3 is 2.86 bits per heavy atom. The molecule has 0 radical (unpaired) electrons. The second-order valence-corrected chi connectivity index (χ2v) is 5.93. The number of carboxylic acids is 1. The summed E-state index contributed by atoms with van der Waals surface area (Å²) in [5.41, 5.74) is 0. The predicted molar refractivity (Wildman–Crippen MR) is 76.9 cm³/mol. The van der Waals surface area contributed by atoms with E-state index in [1.54, 1.807) is 11.8 Å². The maximum Gasteiger partial charge on any atom is 0.305 e. The number of amides is 1. The largest absolute Gasteiger partial charge is 0.481 e. The first-order chi connectivity index (χ1) is 10.5. The second-order valence-electron chi connectivity index (χ2n) is 4.78. The molecule has 0 aromatic heterocycles. The van der Waals surface area contributed by atoms with E-state index in [9.17, 15) is 18.4 Å². The Kier molecular flexibility index (Phi) is 5.59. The van der Waals surface area contributed by atoms with Gasteiger partial charge in [-0.2, -0.15) is 11.8 Å². The van der Waals surface area contributed by atoms with Gasteiger partial charge in [-0.05, 0) is 12.1 Å². The van der Waals surface area contributed by atoms with Gasteiger partial charge in [-0.1, -0.05) is 0 Å². The number of benzene rings is 1. The molecule has 5 nitrogen and oxygen atoms in total. The molecule has 120 valence electrons. The van der Waals surface area contributed by atoms with E-state index in [0.29, 0.717) is 24.1 Å². The molecule has 1 fully saturated rings. The minimum atomic E-state index is -0.976. The highest BCUT2D eigenvalue weighted by molar-refractivity contribution is 7.99. The number of carbonyl (C=O) groups excluding carboxylic acids is 1. The van der Waals surface area contributed by atoms with E-state index in [1.807, 2.05) is 0 Å². The van der Waals surface area contributed by atoms with Crippen LogP contribution in [-0.2, 0) is 9.59 Å². The predicted octanol–water partition coefficient (Wildman–Crippen LogP) is 1.76. The van der Waals surface area contributed by atoms with Crippen molar-refractivity contribution < 1.29 is 28.2 Å². The Morgan fingerprint density at radius 1 is 1.41 bits per heavy atom. The van der Waals surface area contributed by atoms with Crippen LogP contribution in [0.1, 0.15) is 6.42 Å². The van der Waals surface area contributed by atoms with Crippen molar-refractivity contribution in [2.75, 3.05) is 24.7 Å². The highest BCUT2D eigenvalue weighted by Gasteiger charge is 2.29. The molecule has 0 spiro atoms. The van der Waals surface area contributed by atoms with Gasteiger partial charge in [0.25, 0.3) is 5.91 Å². The molecule has 1 amide bonds. The van der Waals surface area contributed by atoms with Crippen molar-refractivity contribution >= 4 is 23.6 Å². The molecule has 1 N–H and O–H groups in total. The molecular weight excluding hydrogens is 316 g/mol. The maximum absolute atomic E-state index is 13.4. The zero-order chi connectivity index (χ0) is 16.1. The van der Waals surface area contributed by atoms with Crippen molar-refractivity contribution in [1.29, 1.82) is 0 Å². The average molecular weight is 331 g/mol. The Bertz CT molecular complexity index is 570. The minimum Gasteiger partial charge on any atom is -0.481 e. The number of carboxylic acid groups (broad SMARTS) is 1. The minimum absolute atomic E-state index is 0.135. The summed E-state index contributed by atoms with van der Waals surface area (Å²) in [6.45, 7) is 0.0139. The fourth-order valence-electron chi connectivity index (χ4n) is 2.17. The van der Waals surface area contributed by atoms with Crippen LogP contribution in [-0.4, -0.2) is 52.6 Å². The van der Waals surface area contributed by atoms with Crippen LogP contribution < -0.4 is 4.74 Å². The quantitative estimate of drug-likeness (QED) is 0.891. The van der Waals surface area contributed by atoms with Crippen LogP contribution in [0.5, 0.6) is 5.75 Å². The van der Waals surface area contributed by atoms with E-state index in [1.165, 1.54) is 4.90 Å². The van der Waals surface area contributed by atoms with Gasteiger partial charge < -0.3 is 14.7 Å². The molecule has 1 unspecified atom stereocenters. The zero-order valence-corrected chi connectivity index (χ0v) is 12.4. The van der Waals surface area contributed by atoms with Gasteiger partial charge >= 0.3 is 5.97 Å². The topological polar surface area (TPSA) is 66.8 Å². The van der Waals surface area contributed by atoms with Gasteiger partial charge in [0.05, 0.1) is 12.5 Å². The van der Waals surface area contributed by atoms with Crippen molar-refractivity contribution in [3.05, 3.63) is 29.8 Å². The van der Waals surface area contributed by atoms with Gasteiger partial charge in [0.2, 0.25) is 0 Å². The summed E-state index contributed by atoms with van der Waals surface area (Å²) < 4.78 is 31.3. The van der Waals surface area contributed by atoms with Gasteiger partial charge in [-0.25, -0.2) is 8.78 Å². The smallest absolute Gasteiger partial charge is 0.305 e. The first-order valence-corrected chi connectivity index (χ1v) is 7.79. The van der Waals surface area contributed by atoms with Gasteiger partial charge in [0, 0.05) is 24.1 Å². The van der Waals surface area contributed by atoms with Crippen LogP contribution >= 0.6 is 11.8 Å². The van der Waals surface area contributed by atoms with E-state index in [-0.39, 0.29) is 12.2 Å². The number of aliphatic carboxylic acids is 1. The summed E-state index contributed by atoms with van der Waals surface area (Å²) in [5.74, 6) is -1.95. The Hall–Kier alpha value is -1.83. The van der Waals surface area contributed by atoms with Crippen LogP contribution in [0.25, 0.3) is 0 Å². The number of hydrogen-bond acceptors (Lipinski definition) is 4. The van der Waals surface area contributed by atoms with Crippen LogP contribution in [0.2, 0.25) is 0 Å². The second kappa shape index (κ2) is 7.44. The normalized spacial score (nSPS) is 18.1. The summed E-state index contributed by atoms with van der Waals surface area (Å²) in [7, 11) is 0. The molecule has 2 rings (SSSR count). The number of ether oxygens (including phenoxy) is 1. The lowest BCUT2D eigenvalue weighted by atomic mass is 10.2. The van der Waals surface area contributed by atoms with Gasteiger partial charge in [0.15, 0.2) is 18.2 Å². The maximum atomic E-state index is 13.4. The lowest BCUT2D eigenvalue weighted by Gasteiger charge is -2.34. The molecule has 8 heteroatoms. The number of hydrogen-bond donors (Lipinski definition) is 1. The average Bonchev–Trinajstić information content (AvgIpc) is 2.46. The third kappa shape index (κ3) is 4.33. The fourth-order valence-corrected chi connectivity index (χ4v) is 3.23. The Labute approximate surface area is 130 Å². The van der Waals surface area contributed by atoms with Crippen LogP contribution in [0.15, 0.2) is 18.2 Å². The zero-order valence-electron chi connectivity index (χ0n) is 11.6. The molecule has 1 heterocycles. The SMILES string of the molecule is O=C(O)CC1CSCCN1C(=O)COc1ccc(F)cc1F. The van der Waals surface area contributed by atoms with Crippen LogP contribution in [0.4, 0.5) is 8.78 Å². The molecule has 1 aromatic carbocycles. The molecule has 0 saturated carbocycles. The lowest BCUT2D eigenvalue weighted by Crippen LogP contribution is -2.48. The van der Waals surface area contributed by atoms with E-state index < -0.39 is 36.2 Å². The van der Waals surface area contributed by atoms with E-state index in [2.05, 4.69) is 0 Å². The van der Waals surface area contributed by atoms with E-state index in [4.69, 9.17) is 9.84 Å². The highest BCUT2D eigenvalue weighted by Crippen LogP contribution is 2.21. The summed E-state index contributed by atoms with van der Waals surface area (Å²) in [5, 5.41) is 8.87. The molecule has 1 aliphatic rings. The number of nitrogens with zero attached hydrogens (tertiary/aromatic N) is 1. The molecule has 22 heavy (non-hydrogen) atoms. The lowest BCUT2D eigenvalue weighted by molar-refractivity contribution is -0.141. The first-order valence-electron chi connectivity index (χ1n) is 6.64. The molecule has 1 aromatic rings. The van der Waals surface area contributed by atoms with E-state index >= 15 is 0 Å². The number of carbonyl (C=O) groups is 2. The van der Waals surface area contributed by atoms with Gasteiger partial charge in [-0.15, -0.1) is 0 Å². The van der Waals surface area contributed by atoms with Crippen molar-refractivity contribution in [3.8, 4) is 5.75 Å². The Balaban J connectivity index is 1.96. The number of thioether (sulfide) groups is 1. The van der Waals surface area contributed by atoms with Gasteiger partial charge in [0.1, 0.15) is 5.82 Å². The first kappa shape index (κ1) is 16.5. The third-order valence-electron chi connectivity index (χ3n) is 3.20. The molecular formula is C14H15F2NO4S. The molecule has 0 bridgehead atoms. The third-order valence-corrected chi connectivity index (χ3v) is 4.29. The summed E-state index contributed by atoms with van der Waals surface area (Å²) in [4.78, 5) is 24.4. The number of rotatable bonds is 5. The van der Waals surface area contributed by atoms with Crippen molar-refractivity contribution in [1.82, 2.24) is 4.90 Å². The standard InChI is InChI=1S/C14H15F2NO4S/c15-9-1-2-12(11(16)5-9)21-7-13(18)17-3-4-22-8-10(17)6-14(19)20/h1-2,5,10H,3-4,6-8H2,(H,19,20). The molecule has 1 saturated heterocycles. The van der Waals surface area contributed by atoms with E-state index in [0.717, 1.165) is 12.1 Å². The van der Waals surface area contributed by atoms with Crippen molar-refractivity contribution in [2.24, 2.45) is 0 Å². The van der Waals surface area contributed by atoms with Gasteiger partial charge in [-0.3, -0.25) is 9.59 Å². The molecule has 1 atom stereocenters.